The number of carbonyl (C=O) groups excluding carboxylic acids is 2. The molecule has 0 aliphatic rings. The zero-order valence-corrected chi connectivity index (χ0v) is 16.1. The third-order valence-electron chi connectivity index (χ3n) is 3.25. The highest BCUT2D eigenvalue weighted by atomic mass is 35.5. The van der Waals surface area contributed by atoms with Gasteiger partial charge in [0.05, 0.1) is 35.7 Å². The van der Waals surface area contributed by atoms with E-state index >= 15 is 0 Å². The topological polar surface area (TPSA) is 89.0 Å². The number of ether oxygens (including phenoxy) is 2. The fourth-order valence-electron chi connectivity index (χ4n) is 2.08. The molecule has 0 heterocycles. The Morgan fingerprint density at radius 2 is 1.81 bits per heavy atom. The van der Waals surface area contributed by atoms with Crippen LogP contribution in [0.2, 0.25) is 10.0 Å². The molecule has 0 fully saturated rings. The molecule has 7 nitrogen and oxygen atoms in total. The van der Waals surface area contributed by atoms with Crippen molar-refractivity contribution < 1.29 is 19.1 Å². The van der Waals surface area contributed by atoms with Crippen LogP contribution in [0.15, 0.2) is 41.5 Å². The molecule has 0 aliphatic heterocycles. The summed E-state index contributed by atoms with van der Waals surface area (Å²) in [7, 11) is 1.46. The van der Waals surface area contributed by atoms with Crippen molar-refractivity contribution in [2.45, 2.75) is 6.92 Å². The lowest BCUT2D eigenvalue weighted by Crippen LogP contribution is -2.32. The quantitative estimate of drug-likeness (QED) is 0.434. The van der Waals surface area contributed by atoms with Gasteiger partial charge in [-0.3, -0.25) is 9.59 Å². The fourth-order valence-corrected chi connectivity index (χ4v) is 2.69. The monoisotopic (exact) mass is 409 g/mol. The number of para-hydroxylation sites is 2. The van der Waals surface area contributed by atoms with Gasteiger partial charge in [-0.2, -0.15) is 5.10 Å². The van der Waals surface area contributed by atoms with Crippen LogP contribution >= 0.6 is 23.2 Å². The van der Waals surface area contributed by atoms with Crippen LogP contribution in [0.1, 0.15) is 12.5 Å². The second-order valence-corrected chi connectivity index (χ2v) is 5.91. The summed E-state index contributed by atoms with van der Waals surface area (Å²) in [6.45, 7) is 2.23. The maximum Gasteiger partial charge on any atom is 0.329 e. The van der Waals surface area contributed by atoms with Crippen molar-refractivity contribution in [3.63, 3.8) is 0 Å². The van der Waals surface area contributed by atoms with Crippen molar-refractivity contribution in [1.29, 1.82) is 0 Å². The van der Waals surface area contributed by atoms with E-state index in [1.807, 2.05) is 6.92 Å². The van der Waals surface area contributed by atoms with Crippen molar-refractivity contribution in [3.8, 4) is 11.5 Å². The molecule has 0 spiro atoms. The summed E-state index contributed by atoms with van der Waals surface area (Å²) in [6, 6.07) is 9.85. The Hall–Kier alpha value is -2.77. The van der Waals surface area contributed by atoms with Gasteiger partial charge in [-0.1, -0.05) is 35.3 Å². The Morgan fingerprint density at radius 3 is 2.44 bits per heavy atom. The van der Waals surface area contributed by atoms with Crippen LogP contribution in [-0.2, 0) is 9.59 Å². The third kappa shape index (κ3) is 5.60. The molecule has 0 aliphatic carbocycles. The second-order valence-electron chi connectivity index (χ2n) is 5.10. The number of hydrogen-bond acceptors (Lipinski definition) is 5. The standard InChI is InChI=1S/C18H17Cl2N3O4/c1-3-27-16-12(19)8-11(9-13(16)20)10-21-23-18(25)17(24)22-14-6-4-5-7-15(14)26-2/h4-10H,3H2,1-2H3,(H,22,24)(H,23,25)/b21-10-. The lowest BCUT2D eigenvalue weighted by Gasteiger charge is -2.09. The maximum absolute atomic E-state index is 11.9. The molecule has 2 N–H and O–H groups in total. The van der Waals surface area contributed by atoms with Gasteiger partial charge < -0.3 is 14.8 Å². The smallest absolute Gasteiger partial charge is 0.329 e. The molecule has 2 aromatic carbocycles. The lowest BCUT2D eigenvalue weighted by atomic mass is 10.2. The van der Waals surface area contributed by atoms with Gasteiger partial charge in [0, 0.05) is 0 Å². The van der Waals surface area contributed by atoms with Gasteiger partial charge >= 0.3 is 11.8 Å². The number of nitrogens with one attached hydrogen (secondary N) is 2. The predicted molar refractivity (Wildman–Crippen MR) is 105 cm³/mol. The summed E-state index contributed by atoms with van der Waals surface area (Å²) in [5, 5.41) is 6.79. The predicted octanol–water partition coefficient (Wildman–Crippen LogP) is 3.49. The van der Waals surface area contributed by atoms with E-state index in [0.717, 1.165) is 0 Å². The molecule has 0 unspecified atom stereocenters. The summed E-state index contributed by atoms with van der Waals surface area (Å²) in [6.07, 6.45) is 1.31. The zero-order valence-electron chi connectivity index (χ0n) is 14.6. The van der Waals surface area contributed by atoms with Crippen molar-refractivity contribution in [2.75, 3.05) is 19.0 Å². The van der Waals surface area contributed by atoms with Crippen molar-refractivity contribution in [1.82, 2.24) is 5.43 Å². The number of nitrogens with zero attached hydrogens (tertiary/aromatic N) is 1. The lowest BCUT2D eigenvalue weighted by molar-refractivity contribution is -0.136. The highest BCUT2D eigenvalue weighted by Gasteiger charge is 2.15. The average molecular weight is 410 g/mol. The fraction of sp³-hybridized carbons (Fsp3) is 0.167. The molecule has 0 atom stereocenters. The number of anilines is 1. The number of benzene rings is 2. The molecule has 0 bridgehead atoms. The van der Waals surface area contributed by atoms with Gasteiger partial charge in [0.2, 0.25) is 0 Å². The average Bonchev–Trinajstić information content (AvgIpc) is 2.65. The number of rotatable bonds is 6. The number of hydrogen-bond donors (Lipinski definition) is 2. The summed E-state index contributed by atoms with van der Waals surface area (Å²) >= 11 is 12.2. The first-order valence-corrected chi connectivity index (χ1v) is 8.61. The Morgan fingerprint density at radius 1 is 1.15 bits per heavy atom. The molecular weight excluding hydrogens is 393 g/mol. The van der Waals surface area contributed by atoms with Crippen molar-refractivity contribution >= 4 is 46.9 Å². The Kier molecular flexibility index (Phi) is 7.45. The zero-order chi connectivity index (χ0) is 19.8. The highest BCUT2D eigenvalue weighted by molar-refractivity contribution is 6.40. The molecule has 2 aromatic rings. The Labute approximate surface area is 166 Å². The first-order valence-electron chi connectivity index (χ1n) is 7.85. The van der Waals surface area contributed by atoms with Crippen LogP contribution in [0.3, 0.4) is 0 Å². The van der Waals surface area contributed by atoms with Crippen LogP contribution in [0.25, 0.3) is 0 Å². The molecule has 9 heteroatoms. The number of halogens is 2. The van der Waals surface area contributed by atoms with E-state index in [-0.39, 0.29) is 0 Å². The Balaban J connectivity index is 1.99. The van der Waals surface area contributed by atoms with Gasteiger partial charge in [-0.15, -0.1) is 0 Å². The second kappa shape index (κ2) is 9.80. The van der Waals surface area contributed by atoms with Gasteiger partial charge in [-0.25, -0.2) is 5.43 Å². The molecule has 142 valence electrons. The Bertz CT molecular complexity index is 848. The molecule has 0 aromatic heterocycles. The number of amides is 2. The van der Waals surface area contributed by atoms with E-state index in [2.05, 4.69) is 15.8 Å². The van der Waals surface area contributed by atoms with Crippen LogP contribution in [-0.4, -0.2) is 31.7 Å². The van der Waals surface area contributed by atoms with E-state index in [4.69, 9.17) is 32.7 Å². The van der Waals surface area contributed by atoms with Crippen molar-refractivity contribution in [3.05, 3.63) is 52.0 Å². The minimum Gasteiger partial charge on any atom is -0.495 e. The summed E-state index contributed by atoms with van der Waals surface area (Å²) in [5.74, 6) is -1.03. The maximum atomic E-state index is 11.9. The number of hydrazone groups is 1. The normalized spacial score (nSPS) is 10.5. The SMILES string of the molecule is CCOc1c(Cl)cc(/C=N\NC(=O)C(=O)Nc2ccccc2OC)cc1Cl. The minimum absolute atomic E-state index is 0.311. The van der Waals surface area contributed by atoms with E-state index in [0.29, 0.717) is 39.4 Å². The number of carbonyl (C=O) groups is 2. The van der Waals surface area contributed by atoms with E-state index < -0.39 is 11.8 Å². The summed E-state index contributed by atoms with van der Waals surface area (Å²) in [4.78, 5) is 23.8. The van der Waals surface area contributed by atoms with Gasteiger partial charge in [0.25, 0.3) is 0 Å². The van der Waals surface area contributed by atoms with Gasteiger partial charge in [0.15, 0.2) is 5.75 Å². The first-order chi connectivity index (χ1) is 13.0. The summed E-state index contributed by atoms with van der Waals surface area (Å²) < 4.78 is 10.4. The first kappa shape index (κ1) is 20.5. The molecule has 2 amide bonds. The molecule has 27 heavy (non-hydrogen) atoms. The largest absolute Gasteiger partial charge is 0.495 e. The van der Waals surface area contributed by atoms with Gasteiger partial charge in [-0.05, 0) is 36.8 Å². The van der Waals surface area contributed by atoms with E-state index in [1.54, 1.807) is 36.4 Å². The van der Waals surface area contributed by atoms with Crippen molar-refractivity contribution in [2.24, 2.45) is 5.10 Å². The van der Waals surface area contributed by atoms with E-state index in [9.17, 15) is 9.59 Å². The third-order valence-corrected chi connectivity index (χ3v) is 3.81. The van der Waals surface area contributed by atoms with E-state index in [1.165, 1.54) is 13.3 Å². The molecule has 0 saturated carbocycles. The highest BCUT2D eigenvalue weighted by Crippen LogP contribution is 2.33. The summed E-state index contributed by atoms with van der Waals surface area (Å²) in [5.41, 5.74) is 3.02. The van der Waals surface area contributed by atoms with Gasteiger partial charge in [0.1, 0.15) is 5.75 Å². The van der Waals surface area contributed by atoms with Crippen LogP contribution in [0.5, 0.6) is 11.5 Å². The molecule has 0 radical (unpaired) electrons. The van der Waals surface area contributed by atoms with Crippen LogP contribution in [0.4, 0.5) is 5.69 Å². The minimum atomic E-state index is -0.944. The molecule has 0 saturated heterocycles. The van der Waals surface area contributed by atoms with Crippen LogP contribution < -0.4 is 20.2 Å². The molecule has 2 rings (SSSR count). The number of methoxy groups -OCH3 is 1. The van der Waals surface area contributed by atoms with Crippen LogP contribution in [0, 0.1) is 0 Å². The molecular formula is C18H17Cl2N3O4.